The second-order valence-corrected chi connectivity index (χ2v) is 2.23. The Balaban J connectivity index is 0.000001000. The van der Waals surface area contributed by atoms with Crippen LogP contribution in [0.25, 0.3) is 0 Å². The second kappa shape index (κ2) is 4.49. The molecule has 0 aliphatic rings. The highest BCUT2D eigenvalue weighted by Gasteiger charge is 1.99. The molecule has 0 atom stereocenters. The van der Waals surface area contributed by atoms with Crippen molar-refractivity contribution >= 4 is 24.0 Å². The Morgan fingerprint density at radius 1 is 1.64 bits per heavy atom. The van der Waals surface area contributed by atoms with E-state index in [1.54, 1.807) is 0 Å². The Morgan fingerprint density at radius 3 is 2.73 bits per heavy atom. The molecule has 0 radical (unpaired) electrons. The number of nitrogens with zero attached hydrogens (tertiary/aromatic N) is 1. The van der Waals surface area contributed by atoms with E-state index in [9.17, 15) is 4.39 Å². The molecule has 0 unspecified atom stereocenters. The van der Waals surface area contributed by atoms with Crippen LogP contribution in [0.3, 0.4) is 0 Å². The molecule has 1 heterocycles. The first-order chi connectivity index (χ1) is 4.74. The molecule has 1 aromatic heterocycles. The van der Waals surface area contributed by atoms with Gasteiger partial charge < -0.3 is 5.73 Å². The lowest BCUT2D eigenvalue weighted by Gasteiger charge is -1.95. The molecule has 0 aliphatic carbocycles. The minimum atomic E-state index is -0.654. The van der Waals surface area contributed by atoms with Crippen molar-refractivity contribution in [2.24, 2.45) is 5.73 Å². The highest BCUT2D eigenvalue weighted by molar-refractivity contribution is 6.30. The Hall–Kier alpha value is -0.380. The maximum Gasteiger partial charge on any atom is 0.231 e. The molecule has 0 fully saturated rings. The molecule has 0 saturated carbocycles. The first-order valence-corrected chi connectivity index (χ1v) is 3.12. The molecule has 0 aromatic carbocycles. The quantitative estimate of drug-likeness (QED) is 0.696. The minimum Gasteiger partial charge on any atom is -0.326 e. The van der Waals surface area contributed by atoms with E-state index in [0.717, 1.165) is 5.56 Å². The van der Waals surface area contributed by atoms with Gasteiger partial charge in [-0.3, -0.25) is 0 Å². The third kappa shape index (κ3) is 2.61. The number of nitrogens with two attached hydrogens (primary N) is 1. The van der Waals surface area contributed by atoms with Crippen LogP contribution in [-0.4, -0.2) is 4.98 Å². The zero-order valence-corrected chi connectivity index (χ0v) is 7.12. The SMILES string of the molecule is Cl.NCc1cnc(F)c(Cl)c1. The summed E-state index contributed by atoms with van der Waals surface area (Å²) in [4.78, 5) is 3.37. The molecule has 0 bridgehead atoms. The lowest BCUT2D eigenvalue weighted by molar-refractivity contribution is 0.583. The maximum absolute atomic E-state index is 12.4. The van der Waals surface area contributed by atoms with Gasteiger partial charge in [0, 0.05) is 12.7 Å². The van der Waals surface area contributed by atoms with Gasteiger partial charge in [-0.2, -0.15) is 4.39 Å². The molecular weight excluding hydrogens is 190 g/mol. The van der Waals surface area contributed by atoms with E-state index in [2.05, 4.69) is 4.98 Å². The summed E-state index contributed by atoms with van der Waals surface area (Å²) in [7, 11) is 0. The topological polar surface area (TPSA) is 38.9 Å². The molecule has 0 aliphatic heterocycles. The van der Waals surface area contributed by atoms with Crippen molar-refractivity contribution in [2.75, 3.05) is 0 Å². The van der Waals surface area contributed by atoms with E-state index in [1.807, 2.05) is 0 Å². The monoisotopic (exact) mass is 196 g/mol. The van der Waals surface area contributed by atoms with Crippen molar-refractivity contribution in [3.8, 4) is 0 Å². The number of hydrogen-bond donors (Lipinski definition) is 1. The fraction of sp³-hybridized carbons (Fsp3) is 0.167. The minimum absolute atomic E-state index is 0. The first-order valence-electron chi connectivity index (χ1n) is 2.74. The first kappa shape index (κ1) is 10.6. The number of hydrogen-bond acceptors (Lipinski definition) is 2. The lowest BCUT2D eigenvalue weighted by atomic mass is 10.3. The van der Waals surface area contributed by atoms with Gasteiger partial charge in [0.15, 0.2) is 0 Å². The van der Waals surface area contributed by atoms with E-state index in [-0.39, 0.29) is 17.4 Å². The molecule has 1 rings (SSSR count). The van der Waals surface area contributed by atoms with E-state index in [0.29, 0.717) is 6.54 Å². The molecule has 0 spiro atoms. The lowest BCUT2D eigenvalue weighted by Crippen LogP contribution is -1.97. The molecule has 1 aromatic rings. The van der Waals surface area contributed by atoms with E-state index < -0.39 is 5.95 Å². The number of pyridine rings is 1. The standard InChI is InChI=1S/C6H6ClFN2.ClH/c7-5-1-4(2-9)3-10-6(5)8;/h1,3H,2,9H2;1H. The van der Waals surface area contributed by atoms with Crippen LogP contribution in [0.1, 0.15) is 5.56 Å². The van der Waals surface area contributed by atoms with Gasteiger partial charge in [-0.05, 0) is 11.6 Å². The van der Waals surface area contributed by atoms with Crippen LogP contribution in [0.5, 0.6) is 0 Å². The predicted octanol–water partition coefficient (Wildman–Crippen LogP) is 1.75. The van der Waals surface area contributed by atoms with Gasteiger partial charge in [0.05, 0.1) is 5.02 Å². The van der Waals surface area contributed by atoms with Crippen LogP contribution in [0.4, 0.5) is 4.39 Å². The number of rotatable bonds is 1. The summed E-state index contributed by atoms with van der Waals surface area (Å²) >= 11 is 5.40. The Bertz CT molecular complexity index is 242. The van der Waals surface area contributed by atoms with Gasteiger partial charge in [0.2, 0.25) is 5.95 Å². The van der Waals surface area contributed by atoms with Crippen molar-refractivity contribution < 1.29 is 4.39 Å². The van der Waals surface area contributed by atoms with E-state index >= 15 is 0 Å². The van der Waals surface area contributed by atoms with Gasteiger partial charge in [0.25, 0.3) is 0 Å². The zero-order chi connectivity index (χ0) is 7.56. The Morgan fingerprint density at radius 2 is 2.27 bits per heavy atom. The molecule has 11 heavy (non-hydrogen) atoms. The molecule has 62 valence electrons. The van der Waals surface area contributed by atoms with Crippen molar-refractivity contribution in [3.63, 3.8) is 0 Å². The summed E-state index contributed by atoms with van der Waals surface area (Å²) in [6.45, 7) is 0.326. The Labute approximate surface area is 75.0 Å². The third-order valence-electron chi connectivity index (χ3n) is 1.09. The van der Waals surface area contributed by atoms with Gasteiger partial charge in [-0.15, -0.1) is 12.4 Å². The van der Waals surface area contributed by atoms with E-state index in [4.69, 9.17) is 17.3 Å². The van der Waals surface area contributed by atoms with Gasteiger partial charge in [0.1, 0.15) is 0 Å². The molecular formula is C6H7Cl2FN2. The molecule has 0 amide bonds. The van der Waals surface area contributed by atoms with Crippen molar-refractivity contribution in [3.05, 3.63) is 28.8 Å². The summed E-state index contributed by atoms with van der Waals surface area (Å²) in [6.07, 6.45) is 1.36. The zero-order valence-electron chi connectivity index (χ0n) is 5.55. The highest BCUT2D eigenvalue weighted by Crippen LogP contribution is 2.12. The van der Waals surface area contributed by atoms with Crippen LogP contribution >= 0.6 is 24.0 Å². The molecule has 5 heteroatoms. The summed E-state index contributed by atoms with van der Waals surface area (Å²) in [6, 6.07) is 1.46. The number of halogens is 3. The van der Waals surface area contributed by atoms with Crippen LogP contribution in [-0.2, 0) is 6.54 Å². The normalized spacial score (nSPS) is 9.00. The summed E-state index contributed by atoms with van der Waals surface area (Å²) in [5.41, 5.74) is 5.98. The average Bonchev–Trinajstić information content (AvgIpc) is 1.95. The average molecular weight is 197 g/mol. The van der Waals surface area contributed by atoms with Crippen LogP contribution < -0.4 is 5.73 Å². The summed E-state index contributed by atoms with van der Waals surface area (Å²) < 4.78 is 12.4. The molecule has 2 N–H and O–H groups in total. The number of aromatic nitrogens is 1. The van der Waals surface area contributed by atoms with Gasteiger partial charge in [-0.25, -0.2) is 4.98 Å². The smallest absolute Gasteiger partial charge is 0.231 e. The highest BCUT2D eigenvalue weighted by atomic mass is 35.5. The van der Waals surface area contributed by atoms with Crippen molar-refractivity contribution in [1.82, 2.24) is 4.98 Å². The fourth-order valence-electron chi connectivity index (χ4n) is 0.572. The molecule has 2 nitrogen and oxygen atoms in total. The third-order valence-corrected chi connectivity index (χ3v) is 1.35. The summed E-state index contributed by atoms with van der Waals surface area (Å²) in [5.74, 6) is -0.654. The van der Waals surface area contributed by atoms with E-state index in [1.165, 1.54) is 12.3 Å². The second-order valence-electron chi connectivity index (χ2n) is 1.82. The van der Waals surface area contributed by atoms with Crippen molar-refractivity contribution in [2.45, 2.75) is 6.54 Å². The summed E-state index contributed by atoms with van der Waals surface area (Å²) in [5, 5.41) is 0.0166. The van der Waals surface area contributed by atoms with Crippen LogP contribution in [0, 0.1) is 5.95 Å². The van der Waals surface area contributed by atoms with Crippen molar-refractivity contribution in [1.29, 1.82) is 0 Å². The fourth-order valence-corrected chi connectivity index (χ4v) is 0.761. The largest absolute Gasteiger partial charge is 0.326 e. The maximum atomic E-state index is 12.4. The predicted molar refractivity (Wildman–Crippen MR) is 44.3 cm³/mol. The molecule has 0 saturated heterocycles. The van der Waals surface area contributed by atoms with Gasteiger partial charge >= 0.3 is 0 Å². The Kier molecular flexibility index (Phi) is 4.33. The van der Waals surface area contributed by atoms with Crippen LogP contribution in [0.2, 0.25) is 5.02 Å². The van der Waals surface area contributed by atoms with Crippen LogP contribution in [0.15, 0.2) is 12.3 Å². The van der Waals surface area contributed by atoms with Gasteiger partial charge in [-0.1, -0.05) is 11.6 Å².